The number of ether oxygens (including phenoxy) is 1. The molecular weight excluding hydrogens is 341 g/mol. The second-order valence-electron chi connectivity index (χ2n) is 4.85. The first-order valence-electron chi connectivity index (χ1n) is 7.14. The number of nitrogens with zero attached hydrogens (tertiary/aromatic N) is 1. The molecule has 1 heterocycles. The van der Waals surface area contributed by atoms with Gasteiger partial charge < -0.3 is 4.74 Å². The smallest absolute Gasteiger partial charge is 0.312 e. The maximum atomic E-state index is 11.9. The van der Waals surface area contributed by atoms with Crippen molar-refractivity contribution in [3.05, 3.63) is 39.3 Å². The molecule has 0 bridgehead atoms. The molecule has 1 aromatic carbocycles. The van der Waals surface area contributed by atoms with Gasteiger partial charge in [0.2, 0.25) is 0 Å². The van der Waals surface area contributed by atoms with Crippen molar-refractivity contribution < 1.29 is 9.53 Å². The van der Waals surface area contributed by atoms with E-state index in [0.717, 1.165) is 23.4 Å². The number of halogens is 2. The Balaban J connectivity index is 2.10. The molecular formula is C16H17Cl2NO2S. The Labute approximate surface area is 144 Å². The number of carbonyl (C=O) groups is 1. The highest BCUT2D eigenvalue weighted by Gasteiger charge is 2.17. The number of benzene rings is 1. The Bertz CT molecular complexity index is 636. The molecule has 118 valence electrons. The van der Waals surface area contributed by atoms with Gasteiger partial charge in [0.25, 0.3) is 0 Å². The molecule has 2 rings (SSSR count). The number of rotatable bonds is 6. The second kappa shape index (κ2) is 7.95. The van der Waals surface area contributed by atoms with Crippen LogP contribution in [-0.4, -0.2) is 17.1 Å². The highest BCUT2D eigenvalue weighted by atomic mass is 35.5. The molecule has 0 aliphatic carbocycles. The lowest BCUT2D eigenvalue weighted by Gasteiger charge is -2.13. The van der Waals surface area contributed by atoms with Crippen LogP contribution in [0.2, 0.25) is 9.36 Å². The van der Waals surface area contributed by atoms with E-state index in [1.165, 1.54) is 11.3 Å². The van der Waals surface area contributed by atoms with Crippen LogP contribution in [0, 0.1) is 0 Å². The summed E-state index contributed by atoms with van der Waals surface area (Å²) in [6.45, 7) is 3.99. The Morgan fingerprint density at radius 3 is 2.45 bits per heavy atom. The Kier molecular flexibility index (Phi) is 6.24. The summed E-state index contributed by atoms with van der Waals surface area (Å²) < 4.78 is 5.91. The summed E-state index contributed by atoms with van der Waals surface area (Å²) in [6, 6.07) is 7.36. The number of hydrogen-bond acceptors (Lipinski definition) is 4. The highest BCUT2D eigenvalue weighted by molar-refractivity contribution is 7.19. The van der Waals surface area contributed by atoms with Crippen molar-refractivity contribution in [2.24, 2.45) is 0 Å². The minimum Gasteiger partial charge on any atom is -0.462 e. The van der Waals surface area contributed by atoms with E-state index in [1.54, 1.807) is 12.1 Å². The van der Waals surface area contributed by atoms with E-state index < -0.39 is 0 Å². The summed E-state index contributed by atoms with van der Waals surface area (Å²) in [5.41, 5.74) is 1.49. The molecule has 0 aliphatic rings. The van der Waals surface area contributed by atoms with Gasteiger partial charge in [-0.1, -0.05) is 49.2 Å². The van der Waals surface area contributed by atoms with Crippen LogP contribution in [0.3, 0.4) is 0 Å². The van der Waals surface area contributed by atoms with Crippen LogP contribution in [0.1, 0.15) is 32.4 Å². The van der Waals surface area contributed by atoms with Crippen LogP contribution in [-0.2, 0) is 16.0 Å². The van der Waals surface area contributed by atoms with E-state index in [2.05, 4.69) is 4.98 Å². The molecule has 0 amide bonds. The van der Waals surface area contributed by atoms with Crippen LogP contribution in [0.25, 0.3) is 10.6 Å². The fraction of sp³-hybridized carbons (Fsp3) is 0.375. The Morgan fingerprint density at radius 1 is 1.23 bits per heavy atom. The van der Waals surface area contributed by atoms with Gasteiger partial charge in [0, 0.05) is 10.6 Å². The molecule has 0 saturated carbocycles. The van der Waals surface area contributed by atoms with Gasteiger partial charge in [-0.05, 0) is 25.0 Å². The fourth-order valence-corrected chi connectivity index (χ4v) is 3.25. The van der Waals surface area contributed by atoms with Gasteiger partial charge in [-0.3, -0.25) is 4.79 Å². The first-order chi connectivity index (χ1) is 10.5. The molecule has 0 atom stereocenters. The lowest BCUT2D eigenvalue weighted by Crippen LogP contribution is -2.18. The SMILES string of the molecule is CCC(CC)OC(=O)Cc1nc(-c2ccc(Cl)cc2)sc1Cl. The van der Waals surface area contributed by atoms with Crippen molar-refractivity contribution in [2.45, 2.75) is 39.2 Å². The molecule has 0 radical (unpaired) electrons. The van der Waals surface area contributed by atoms with E-state index in [0.29, 0.717) is 15.1 Å². The van der Waals surface area contributed by atoms with Crippen molar-refractivity contribution in [3.63, 3.8) is 0 Å². The average molecular weight is 358 g/mol. The zero-order valence-corrected chi connectivity index (χ0v) is 14.8. The number of thiazole rings is 1. The molecule has 0 spiro atoms. The van der Waals surface area contributed by atoms with Crippen molar-refractivity contribution in [1.82, 2.24) is 4.98 Å². The first-order valence-corrected chi connectivity index (χ1v) is 8.71. The van der Waals surface area contributed by atoms with Gasteiger partial charge in [0.05, 0.1) is 12.1 Å². The number of esters is 1. The van der Waals surface area contributed by atoms with Crippen LogP contribution in [0.4, 0.5) is 0 Å². The summed E-state index contributed by atoms with van der Waals surface area (Å²) >= 11 is 13.4. The number of hydrogen-bond donors (Lipinski definition) is 0. The maximum Gasteiger partial charge on any atom is 0.312 e. The molecule has 0 aliphatic heterocycles. The van der Waals surface area contributed by atoms with E-state index >= 15 is 0 Å². The fourth-order valence-electron chi connectivity index (χ4n) is 1.98. The van der Waals surface area contributed by atoms with Crippen molar-refractivity contribution in [3.8, 4) is 10.6 Å². The van der Waals surface area contributed by atoms with Crippen molar-refractivity contribution >= 4 is 40.5 Å². The van der Waals surface area contributed by atoms with E-state index in [4.69, 9.17) is 27.9 Å². The third-order valence-corrected chi connectivity index (χ3v) is 4.90. The van der Waals surface area contributed by atoms with Gasteiger partial charge >= 0.3 is 5.97 Å². The van der Waals surface area contributed by atoms with Gasteiger partial charge in [-0.15, -0.1) is 11.3 Å². The van der Waals surface area contributed by atoms with E-state index in [1.807, 2.05) is 26.0 Å². The molecule has 1 aromatic heterocycles. The minimum absolute atomic E-state index is 0.0411. The van der Waals surface area contributed by atoms with Gasteiger partial charge in [0.15, 0.2) is 0 Å². The lowest BCUT2D eigenvalue weighted by molar-refractivity contribution is -0.148. The van der Waals surface area contributed by atoms with Crippen molar-refractivity contribution in [2.75, 3.05) is 0 Å². The quantitative estimate of drug-likeness (QED) is 0.650. The third-order valence-electron chi connectivity index (χ3n) is 3.26. The molecule has 6 heteroatoms. The molecule has 0 fully saturated rings. The maximum absolute atomic E-state index is 11.9. The summed E-state index contributed by atoms with van der Waals surface area (Å²) in [6.07, 6.45) is 1.67. The molecule has 0 saturated heterocycles. The normalized spacial score (nSPS) is 11.0. The third kappa shape index (κ3) is 4.45. The predicted octanol–water partition coefficient (Wildman–Crippen LogP) is 5.39. The summed E-state index contributed by atoms with van der Waals surface area (Å²) in [4.78, 5) is 16.4. The standard InChI is InChI=1S/C16H17Cl2NO2S/c1-3-12(4-2)21-14(20)9-13-15(18)22-16(19-13)10-5-7-11(17)8-6-10/h5-8,12H,3-4,9H2,1-2H3. The first kappa shape index (κ1) is 17.3. The predicted molar refractivity (Wildman–Crippen MR) is 91.7 cm³/mol. The Morgan fingerprint density at radius 2 is 1.86 bits per heavy atom. The van der Waals surface area contributed by atoms with Crippen LogP contribution in [0.5, 0.6) is 0 Å². The van der Waals surface area contributed by atoms with E-state index in [9.17, 15) is 4.79 Å². The minimum atomic E-state index is -0.288. The topological polar surface area (TPSA) is 39.2 Å². The summed E-state index contributed by atoms with van der Waals surface area (Å²) in [5, 5.41) is 1.44. The van der Waals surface area contributed by atoms with Gasteiger partial charge in [0.1, 0.15) is 15.4 Å². The molecule has 0 N–H and O–H groups in total. The summed E-state index contributed by atoms with van der Waals surface area (Å²) in [5.74, 6) is -0.288. The van der Waals surface area contributed by atoms with Crippen LogP contribution in [0.15, 0.2) is 24.3 Å². The van der Waals surface area contributed by atoms with Gasteiger partial charge in [-0.2, -0.15) is 0 Å². The van der Waals surface area contributed by atoms with E-state index in [-0.39, 0.29) is 18.5 Å². The monoisotopic (exact) mass is 357 g/mol. The van der Waals surface area contributed by atoms with Crippen LogP contribution >= 0.6 is 34.5 Å². The second-order valence-corrected chi connectivity index (χ2v) is 6.89. The largest absolute Gasteiger partial charge is 0.462 e. The van der Waals surface area contributed by atoms with Gasteiger partial charge in [-0.25, -0.2) is 4.98 Å². The lowest BCUT2D eigenvalue weighted by atomic mass is 10.2. The summed E-state index contributed by atoms with van der Waals surface area (Å²) in [7, 11) is 0. The van der Waals surface area contributed by atoms with Crippen molar-refractivity contribution in [1.29, 1.82) is 0 Å². The van der Waals surface area contributed by atoms with Crippen LogP contribution < -0.4 is 0 Å². The average Bonchev–Trinajstić information content (AvgIpc) is 2.86. The Hall–Kier alpha value is -1.10. The number of aromatic nitrogens is 1. The molecule has 3 nitrogen and oxygen atoms in total. The zero-order valence-electron chi connectivity index (χ0n) is 12.4. The number of carbonyl (C=O) groups excluding carboxylic acids is 1. The molecule has 22 heavy (non-hydrogen) atoms. The molecule has 0 unspecified atom stereocenters. The highest BCUT2D eigenvalue weighted by Crippen LogP contribution is 2.32. The zero-order chi connectivity index (χ0) is 16.1. The molecule has 2 aromatic rings.